The largest absolute Gasteiger partial charge is 0.389 e. The number of amides is 1. The number of carbonyl (C=O) groups is 1. The zero-order chi connectivity index (χ0) is 16.4. The topological polar surface area (TPSA) is 60.8 Å². The summed E-state index contributed by atoms with van der Waals surface area (Å²) in [6, 6.07) is 0. The maximum atomic E-state index is 11.4. The van der Waals surface area contributed by atoms with Gasteiger partial charge >= 0.3 is 0 Å². The van der Waals surface area contributed by atoms with Crippen LogP contribution < -0.4 is 0 Å². The van der Waals surface area contributed by atoms with Crippen molar-refractivity contribution in [3.63, 3.8) is 0 Å². The summed E-state index contributed by atoms with van der Waals surface area (Å²) in [5, 5.41) is 19.7. The van der Waals surface area contributed by atoms with Crippen LogP contribution in [-0.2, 0) is 4.79 Å². The number of carbonyl (C=O) groups excluding carboxylic acids is 1. The van der Waals surface area contributed by atoms with Crippen LogP contribution in [0.5, 0.6) is 0 Å². The van der Waals surface area contributed by atoms with E-state index in [1.165, 1.54) is 17.7 Å². The second kappa shape index (κ2) is 10.4. The van der Waals surface area contributed by atoms with E-state index in [0.717, 1.165) is 12.8 Å². The second-order valence-corrected chi connectivity index (χ2v) is 6.08. The Hall–Kier alpha value is -1.39. The van der Waals surface area contributed by atoms with Gasteiger partial charge < -0.3 is 15.1 Å². The SMILES string of the molecule is CN(C)C(=O)CCC(O)C=CC=CC=CC(O)C1CCCC1. The summed E-state index contributed by atoms with van der Waals surface area (Å²) >= 11 is 0. The number of aliphatic hydroxyl groups is 2. The highest BCUT2D eigenvalue weighted by atomic mass is 16.3. The highest BCUT2D eigenvalue weighted by Crippen LogP contribution is 2.28. The summed E-state index contributed by atoms with van der Waals surface area (Å²) < 4.78 is 0. The molecule has 1 amide bonds. The van der Waals surface area contributed by atoms with Crippen molar-refractivity contribution in [3.05, 3.63) is 36.5 Å². The fourth-order valence-electron chi connectivity index (χ4n) is 2.55. The van der Waals surface area contributed by atoms with Gasteiger partial charge in [-0.15, -0.1) is 0 Å². The molecular weight excluding hydrogens is 278 g/mol. The number of hydrogen-bond donors (Lipinski definition) is 2. The van der Waals surface area contributed by atoms with Crippen molar-refractivity contribution in [2.24, 2.45) is 5.92 Å². The fourth-order valence-corrected chi connectivity index (χ4v) is 2.55. The van der Waals surface area contributed by atoms with E-state index in [2.05, 4.69) is 0 Å². The summed E-state index contributed by atoms with van der Waals surface area (Å²) in [5.74, 6) is 0.433. The Morgan fingerprint density at radius 2 is 1.68 bits per heavy atom. The zero-order valence-electron chi connectivity index (χ0n) is 13.7. The molecule has 0 aliphatic heterocycles. The molecule has 0 spiro atoms. The Labute approximate surface area is 133 Å². The molecule has 0 bridgehead atoms. The highest BCUT2D eigenvalue weighted by molar-refractivity contribution is 5.75. The lowest BCUT2D eigenvalue weighted by Gasteiger charge is -2.12. The van der Waals surface area contributed by atoms with Gasteiger partial charge in [0.1, 0.15) is 0 Å². The average Bonchev–Trinajstić information content (AvgIpc) is 3.02. The molecule has 124 valence electrons. The molecule has 1 aliphatic rings. The molecule has 2 atom stereocenters. The number of rotatable bonds is 8. The van der Waals surface area contributed by atoms with Gasteiger partial charge in [0, 0.05) is 20.5 Å². The molecule has 1 aliphatic carbocycles. The summed E-state index contributed by atoms with van der Waals surface area (Å²) in [4.78, 5) is 12.9. The average molecular weight is 307 g/mol. The van der Waals surface area contributed by atoms with Gasteiger partial charge in [0.05, 0.1) is 12.2 Å². The van der Waals surface area contributed by atoms with E-state index in [9.17, 15) is 15.0 Å². The minimum absolute atomic E-state index is 0.0202. The van der Waals surface area contributed by atoms with Crippen molar-refractivity contribution in [2.45, 2.75) is 50.7 Å². The van der Waals surface area contributed by atoms with E-state index in [0.29, 0.717) is 18.8 Å². The Kier molecular flexibility index (Phi) is 8.78. The van der Waals surface area contributed by atoms with Gasteiger partial charge in [0.2, 0.25) is 5.91 Å². The Morgan fingerprint density at radius 3 is 2.27 bits per heavy atom. The third-order valence-corrected chi connectivity index (χ3v) is 4.01. The first kappa shape index (κ1) is 18.7. The van der Waals surface area contributed by atoms with Crippen molar-refractivity contribution in [3.8, 4) is 0 Å². The lowest BCUT2D eigenvalue weighted by atomic mass is 10.0. The molecule has 0 radical (unpaired) electrons. The molecule has 0 aromatic heterocycles. The molecule has 4 nitrogen and oxygen atoms in total. The van der Waals surface area contributed by atoms with Crippen LogP contribution in [0.1, 0.15) is 38.5 Å². The van der Waals surface area contributed by atoms with Crippen LogP contribution in [0.3, 0.4) is 0 Å². The first-order valence-electron chi connectivity index (χ1n) is 8.08. The highest BCUT2D eigenvalue weighted by Gasteiger charge is 2.20. The van der Waals surface area contributed by atoms with Crippen LogP contribution in [0.15, 0.2) is 36.5 Å². The van der Waals surface area contributed by atoms with Gasteiger partial charge in [-0.1, -0.05) is 49.3 Å². The van der Waals surface area contributed by atoms with E-state index in [-0.39, 0.29) is 12.0 Å². The van der Waals surface area contributed by atoms with Gasteiger partial charge in [0.15, 0.2) is 0 Å². The number of aliphatic hydroxyl groups excluding tert-OH is 2. The van der Waals surface area contributed by atoms with Crippen LogP contribution in [0.2, 0.25) is 0 Å². The molecule has 0 aromatic carbocycles. The van der Waals surface area contributed by atoms with Crippen LogP contribution in [0.25, 0.3) is 0 Å². The van der Waals surface area contributed by atoms with Crippen molar-refractivity contribution in [2.75, 3.05) is 14.1 Å². The molecular formula is C18H29NO3. The van der Waals surface area contributed by atoms with Crippen molar-refractivity contribution < 1.29 is 15.0 Å². The molecule has 0 heterocycles. The first-order valence-corrected chi connectivity index (χ1v) is 8.08. The quantitative estimate of drug-likeness (QED) is 0.677. The number of nitrogens with zero attached hydrogens (tertiary/aromatic N) is 1. The number of hydrogen-bond acceptors (Lipinski definition) is 3. The van der Waals surface area contributed by atoms with E-state index in [1.54, 1.807) is 26.2 Å². The smallest absolute Gasteiger partial charge is 0.222 e. The van der Waals surface area contributed by atoms with Crippen LogP contribution in [0, 0.1) is 5.92 Å². The summed E-state index contributed by atoms with van der Waals surface area (Å²) in [7, 11) is 3.42. The normalized spacial score (nSPS) is 19.5. The molecule has 0 aromatic rings. The minimum atomic E-state index is -0.610. The molecule has 2 N–H and O–H groups in total. The molecule has 1 saturated carbocycles. The van der Waals surface area contributed by atoms with Crippen LogP contribution >= 0.6 is 0 Å². The lowest BCUT2D eigenvalue weighted by Crippen LogP contribution is -2.22. The van der Waals surface area contributed by atoms with Crippen LogP contribution in [0.4, 0.5) is 0 Å². The predicted molar refractivity (Wildman–Crippen MR) is 89.3 cm³/mol. The predicted octanol–water partition coefficient (Wildman–Crippen LogP) is 2.44. The molecule has 22 heavy (non-hydrogen) atoms. The zero-order valence-corrected chi connectivity index (χ0v) is 13.7. The molecule has 0 saturated heterocycles. The van der Waals surface area contributed by atoms with E-state index in [4.69, 9.17) is 0 Å². The maximum Gasteiger partial charge on any atom is 0.222 e. The number of allylic oxidation sites excluding steroid dienone is 4. The summed E-state index contributed by atoms with van der Waals surface area (Å²) in [6.07, 6.45) is 15.2. The fraction of sp³-hybridized carbons (Fsp3) is 0.611. The second-order valence-electron chi connectivity index (χ2n) is 6.08. The minimum Gasteiger partial charge on any atom is -0.389 e. The molecule has 1 rings (SSSR count). The van der Waals surface area contributed by atoms with E-state index < -0.39 is 6.10 Å². The third-order valence-electron chi connectivity index (χ3n) is 4.01. The molecule has 4 heteroatoms. The van der Waals surface area contributed by atoms with E-state index >= 15 is 0 Å². The summed E-state index contributed by atoms with van der Waals surface area (Å²) in [6.45, 7) is 0. The van der Waals surface area contributed by atoms with Crippen LogP contribution in [-0.4, -0.2) is 47.3 Å². The first-order chi connectivity index (χ1) is 10.5. The molecule has 1 fully saturated rings. The Morgan fingerprint density at radius 1 is 1.09 bits per heavy atom. The maximum absolute atomic E-state index is 11.4. The van der Waals surface area contributed by atoms with Gasteiger partial charge in [0.25, 0.3) is 0 Å². The standard InChI is InChI=1S/C18H29NO3/c1-19(2)18(22)14-13-16(20)11-5-3-4-6-12-17(21)15-9-7-8-10-15/h3-6,11-12,15-17,20-21H,7-10,13-14H2,1-2H3. The van der Waals surface area contributed by atoms with Crippen molar-refractivity contribution in [1.29, 1.82) is 0 Å². The van der Waals surface area contributed by atoms with Crippen molar-refractivity contribution >= 4 is 5.91 Å². The van der Waals surface area contributed by atoms with Crippen molar-refractivity contribution in [1.82, 2.24) is 4.90 Å². The van der Waals surface area contributed by atoms with E-state index in [1.807, 2.05) is 24.3 Å². The summed E-state index contributed by atoms with van der Waals surface area (Å²) in [5.41, 5.74) is 0. The lowest BCUT2D eigenvalue weighted by molar-refractivity contribution is -0.129. The third kappa shape index (κ3) is 7.57. The van der Waals surface area contributed by atoms with Gasteiger partial charge in [-0.2, -0.15) is 0 Å². The Balaban J connectivity index is 2.21. The Bertz CT molecular complexity index is 407. The van der Waals surface area contributed by atoms with Gasteiger partial charge in [-0.25, -0.2) is 0 Å². The monoisotopic (exact) mass is 307 g/mol. The van der Waals surface area contributed by atoms with Gasteiger partial charge in [-0.05, 0) is 25.2 Å². The van der Waals surface area contributed by atoms with Gasteiger partial charge in [-0.3, -0.25) is 4.79 Å². The molecule has 2 unspecified atom stereocenters.